The van der Waals surface area contributed by atoms with Gasteiger partial charge in [0.05, 0.1) is 0 Å². The van der Waals surface area contributed by atoms with Crippen molar-refractivity contribution in [2.45, 2.75) is 0 Å². The standard InChI is InChI=1S/C24H27IN3O4/c1-6-17-11-18(25-2)13-19(12-17)28(3)24-20-14-22(31-9-7-29-4)23(32-10-8-30-5)15-21(20)26-16-27-24/h1,11-16H,7-10H2,2-5H3/q-1. The molecule has 1 heterocycles. The van der Waals surface area contributed by atoms with E-state index in [1.54, 1.807) is 20.5 Å². The Hall–Kier alpha value is -2.61. The van der Waals surface area contributed by atoms with Crippen LogP contribution in [-0.2, 0) is 9.47 Å². The van der Waals surface area contributed by atoms with Crippen LogP contribution in [0.1, 0.15) is 5.56 Å². The third-order valence-corrected chi connectivity index (χ3v) is 6.61. The topological polar surface area (TPSA) is 65.9 Å². The van der Waals surface area contributed by atoms with Crippen molar-refractivity contribution in [2.75, 3.05) is 57.5 Å². The number of hydrogen-bond donors (Lipinski definition) is 0. The minimum atomic E-state index is -0.102. The minimum absolute atomic E-state index is 0.102. The zero-order chi connectivity index (χ0) is 22.9. The van der Waals surface area contributed by atoms with Gasteiger partial charge in [-0.3, -0.25) is 0 Å². The molecule has 0 atom stereocenters. The molecule has 8 heteroatoms. The summed E-state index contributed by atoms with van der Waals surface area (Å²) in [5.74, 6) is 4.72. The number of methoxy groups -OCH3 is 2. The van der Waals surface area contributed by atoms with Crippen molar-refractivity contribution >= 4 is 22.4 Å². The van der Waals surface area contributed by atoms with Crippen LogP contribution in [0.4, 0.5) is 11.5 Å². The fourth-order valence-electron chi connectivity index (χ4n) is 3.10. The molecule has 0 aliphatic rings. The van der Waals surface area contributed by atoms with E-state index in [4.69, 9.17) is 25.4 Å². The van der Waals surface area contributed by atoms with Crippen LogP contribution >= 0.6 is 0 Å². The first-order valence-corrected chi connectivity index (χ1v) is 13.2. The molecule has 32 heavy (non-hydrogen) atoms. The predicted octanol–water partition coefficient (Wildman–Crippen LogP) is 0.318. The number of benzene rings is 2. The Labute approximate surface area is 199 Å². The SMILES string of the molecule is C#Cc1cc([I-]C)cc(N(C)c2ncnc3cc(OCCOC)c(OCCOC)cc23)c1. The van der Waals surface area contributed by atoms with Gasteiger partial charge in [0.2, 0.25) is 0 Å². The number of rotatable bonds is 11. The molecule has 7 nitrogen and oxygen atoms in total. The fraction of sp³-hybridized carbons (Fsp3) is 0.333. The van der Waals surface area contributed by atoms with Gasteiger partial charge in [-0.15, -0.1) is 0 Å². The zero-order valence-corrected chi connectivity index (χ0v) is 20.9. The fourth-order valence-corrected chi connectivity index (χ4v) is 4.37. The Balaban J connectivity index is 2.05. The van der Waals surface area contributed by atoms with E-state index in [2.05, 4.69) is 33.0 Å². The maximum absolute atomic E-state index is 5.94. The van der Waals surface area contributed by atoms with Crippen molar-refractivity contribution in [1.82, 2.24) is 9.97 Å². The number of alkyl halides is 1. The Morgan fingerprint density at radius 3 is 2.25 bits per heavy atom. The molecule has 0 radical (unpaired) electrons. The van der Waals surface area contributed by atoms with Crippen LogP contribution in [0, 0.1) is 15.9 Å². The van der Waals surface area contributed by atoms with Crippen molar-refractivity contribution in [1.29, 1.82) is 0 Å². The van der Waals surface area contributed by atoms with Gasteiger partial charge in [-0.05, 0) is 0 Å². The molecule has 0 amide bonds. The molecule has 0 unspecified atom stereocenters. The molecule has 0 N–H and O–H groups in total. The summed E-state index contributed by atoms with van der Waals surface area (Å²) in [5.41, 5.74) is 2.60. The van der Waals surface area contributed by atoms with Crippen molar-refractivity contribution in [3.63, 3.8) is 0 Å². The van der Waals surface area contributed by atoms with Crippen LogP contribution in [0.5, 0.6) is 11.5 Å². The normalized spacial score (nSPS) is 10.8. The van der Waals surface area contributed by atoms with E-state index in [1.807, 2.05) is 30.1 Å². The average molecular weight is 548 g/mol. The van der Waals surface area contributed by atoms with Gasteiger partial charge < -0.3 is 4.74 Å². The van der Waals surface area contributed by atoms with E-state index < -0.39 is 0 Å². The van der Waals surface area contributed by atoms with Gasteiger partial charge in [-0.25, -0.2) is 0 Å². The van der Waals surface area contributed by atoms with E-state index in [1.165, 1.54) is 3.57 Å². The number of ether oxygens (including phenoxy) is 4. The van der Waals surface area contributed by atoms with Gasteiger partial charge in [0.25, 0.3) is 0 Å². The first-order valence-electron chi connectivity index (χ1n) is 9.98. The number of hydrogen-bond acceptors (Lipinski definition) is 7. The van der Waals surface area contributed by atoms with E-state index in [9.17, 15) is 0 Å². The summed E-state index contributed by atoms with van der Waals surface area (Å²) in [6, 6.07) is 10.0. The number of halogens is 1. The number of fused-ring (bicyclic) bond motifs is 1. The van der Waals surface area contributed by atoms with Crippen LogP contribution in [0.25, 0.3) is 10.9 Å². The Bertz CT molecular complexity index is 1100. The molecule has 3 rings (SSSR count). The van der Waals surface area contributed by atoms with Gasteiger partial charge in [0.1, 0.15) is 0 Å². The summed E-state index contributed by atoms with van der Waals surface area (Å²) in [4.78, 5) is 13.3. The predicted molar refractivity (Wildman–Crippen MR) is 121 cm³/mol. The average Bonchev–Trinajstić information content (AvgIpc) is 2.83. The van der Waals surface area contributed by atoms with Crippen LogP contribution in [-0.4, -0.2) is 62.6 Å². The van der Waals surface area contributed by atoms with Crippen LogP contribution in [0.15, 0.2) is 36.7 Å². The zero-order valence-electron chi connectivity index (χ0n) is 18.7. The molecule has 0 aliphatic heterocycles. The van der Waals surface area contributed by atoms with Gasteiger partial charge in [-0.1, -0.05) is 0 Å². The van der Waals surface area contributed by atoms with E-state index in [-0.39, 0.29) is 21.2 Å². The third kappa shape index (κ3) is 5.79. The van der Waals surface area contributed by atoms with Gasteiger partial charge in [0, 0.05) is 14.2 Å². The van der Waals surface area contributed by atoms with Gasteiger partial charge in [-0.2, -0.15) is 0 Å². The number of terminal acetylenes is 1. The summed E-state index contributed by atoms with van der Waals surface area (Å²) in [6.07, 6.45) is 7.24. The monoisotopic (exact) mass is 548 g/mol. The van der Waals surface area contributed by atoms with E-state index in [0.29, 0.717) is 37.9 Å². The molecule has 0 saturated carbocycles. The molecule has 0 aliphatic carbocycles. The molecule has 1 aromatic heterocycles. The van der Waals surface area contributed by atoms with Crippen molar-refractivity contribution in [3.05, 3.63) is 45.8 Å². The van der Waals surface area contributed by atoms with Crippen LogP contribution in [0.3, 0.4) is 0 Å². The van der Waals surface area contributed by atoms with Gasteiger partial charge in [0.15, 0.2) is 0 Å². The second-order valence-electron chi connectivity index (χ2n) is 6.79. The second-order valence-corrected chi connectivity index (χ2v) is 9.11. The molecule has 0 saturated heterocycles. The molecule has 170 valence electrons. The number of nitrogens with zero attached hydrogens (tertiary/aromatic N) is 3. The number of anilines is 2. The van der Waals surface area contributed by atoms with Crippen molar-refractivity contribution in [3.8, 4) is 23.8 Å². The molecular formula is C24H27IN3O4-. The van der Waals surface area contributed by atoms with Crippen molar-refractivity contribution < 1.29 is 40.2 Å². The Morgan fingerprint density at radius 2 is 1.62 bits per heavy atom. The molecule has 0 fully saturated rings. The van der Waals surface area contributed by atoms with Crippen LogP contribution < -0.4 is 35.6 Å². The summed E-state index contributed by atoms with van der Waals surface area (Å²) in [5, 5.41) is 0.848. The molecule has 0 spiro atoms. The van der Waals surface area contributed by atoms with E-state index >= 15 is 0 Å². The van der Waals surface area contributed by atoms with Crippen molar-refractivity contribution in [2.24, 2.45) is 0 Å². The molecule has 0 bridgehead atoms. The Morgan fingerprint density at radius 1 is 0.938 bits per heavy atom. The quantitative estimate of drug-likeness (QED) is 0.148. The maximum atomic E-state index is 5.94. The third-order valence-electron chi connectivity index (χ3n) is 4.74. The molecule has 2 aromatic carbocycles. The van der Waals surface area contributed by atoms with Crippen LogP contribution in [0.2, 0.25) is 0 Å². The molecule has 3 aromatic rings. The Kier molecular flexibility index (Phi) is 8.90. The van der Waals surface area contributed by atoms with Gasteiger partial charge >= 0.3 is 181 Å². The summed E-state index contributed by atoms with van der Waals surface area (Å²) < 4.78 is 23.3. The van der Waals surface area contributed by atoms with E-state index in [0.717, 1.165) is 28.0 Å². The first kappa shape index (κ1) is 24.0. The number of aromatic nitrogens is 2. The molecular weight excluding hydrogens is 521 g/mol. The summed E-state index contributed by atoms with van der Waals surface area (Å²) >= 11 is -0.102. The second kappa shape index (κ2) is 11.9. The summed E-state index contributed by atoms with van der Waals surface area (Å²) in [6.45, 7) is 1.74. The summed E-state index contributed by atoms with van der Waals surface area (Å²) in [7, 11) is 5.25. The first-order chi connectivity index (χ1) is 15.6.